The molecule has 0 amide bonds. The molecular weight excluding hydrogens is 262 g/mol. The van der Waals surface area contributed by atoms with Crippen LogP contribution in [0.3, 0.4) is 0 Å². The van der Waals surface area contributed by atoms with E-state index in [0.29, 0.717) is 5.88 Å². The van der Waals surface area contributed by atoms with Crippen molar-refractivity contribution in [3.8, 4) is 10.6 Å². The lowest BCUT2D eigenvalue weighted by Crippen LogP contribution is -1.90. The average Bonchev–Trinajstić information content (AvgIpc) is 2.77. The van der Waals surface area contributed by atoms with Crippen LogP contribution in [-0.2, 0) is 5.88 Å². The molecule has 1 aromatic carbocycles. The van der Waals surface area contributed by atoms with Crippen LogP contribution in [0.4, 0.5) is 5.69 Å². The van der Waals surface area contributed by atoms with Crippen molar-refractivity contribution in [2.45, 2.75) is 12.8 Å². The van der Waals surface area contributed by atoms with Crippen molar-refractivity contribution in [3.05, 3.63) is 38.9 Å². The number of benzene rings is 1. The van der Waals surface area contributed by atoms with E-state index in [9.17, 15) is 10.1 Å². The fraction of sp³-hybridized carbons (Fsp3) is 0.200. The van der Waals surface area contributed by atoms with Crippen LogP contribution in [0.15, 0.2) is 18.2 Å². The first-order valence-electron chi connectivity index (χ1n) is 4.75. The van der Waals surface area contributed by atoms with Gasteiger partial charge in [-0.25, -0.2) is 0 Å². The third kappa shape index (κ3) is 2.42. The molecule has 1 heterocycles. The Labute approximate surface area is 106 Å². The zero-order chi connectivity index (χ0) is 12.4. The van der Waals surface area contributed by atoms with Gasteiger partial charge in [0.25, 0.3) is 5.69 Å². The van der Waals surface area contributed by atoms with Gasteiger partial charge in [-0.3, -0.25) is 10.1 Å². The van der Waals surface area contributed by atoms with Crippen LogP contribution in [0.1, 0.15) is 10.6 Å². The highest BCUT2D eigenvalue weighted by Gasteiger charge is 2.12. The third-order valence-electron chi connectivity index (χ3n) is 2.23. The Morgan fingerprint density at radius 1 is 1.47 bits per heavy atom. The number of rotatable bonds is 3. The highest BCUT2D eigenvalue weighted by Crippen LogP contribution is 2.29. The quantitative estimate of drug-likeness (QED) is 0.487. The smallest absolute Gasteiger partial charge is 0.258 e. The zero-order valence-corrected chi connectivity index (χ0v) is 10.5. The van der Waals surface area contributed by atoms with Crippen LogP contribution < -0.4 is 0 Å². The van der Waals surface area contributed by atoms with Crippen molar-refractivity contribution in [1.29, 1.82) is 0 Å². The van der Waals surface area contributed by atoms with Gasteiger partial charge >= 0.3 is 0 Å². The van der Waals surface area contributed by atoms with Gasteiger partial charge in [0.05, 0.1) is 10.8 Å². The van der Waals surface area contributed by atoms with Gasteiger partial charge in [-0.2, -0.15) is 0 Å². The minimum atomic E-state index is -0.416. The molecule has 0 aliphatic heterocycles. The molecule has 0 bridgehead atoms. The van der Waals surface area contributed by atoms with E-state index in [-0.39, 0.29) is 5.69 Å². The molecule has 0 unspecified atom stereocenters. The predicted octanol–water partition coefficient (Wildman–Crippen LogP) is 3.16. The number of non-ortho nitro benzene ring substituents is 1. The summed E-state index contributed by atoms with van der Waals surface area (Å²) in [5, 5.41) is 20.0. The monoisotopic (exact) mass is 269 g/mol. The van der Waals surface area contributed by atoms with E-state index in [0.717, 1.165) is 21.1 Å². The van der Waals surface area contributed by atoms with Crippen LogP contribution >= 0.6 is 22.9 Å². The predicted molar refractivity (Wildman–Crippen MR) is 66.3 cm³/mol. The van der Waals surface area contributed by atoms with Crippen LogP contribution in [0.5, 0.6) is 0 Å². The van der Waals surface area contributed by atoms with Gasteiger partial charge in [-0.1, -0.05) is 11.3 Å². The van der Waals surface area contributed by atoms with Crippen molar-refractivity contribution < 1.29 is 4.92 Å². The molecule has 88 valence electrons. The summed E-state index contributed by atoms with van der Waals surface area (Å²) in [5.41, 5.74) is 1.73. The minimum absolute atomic E-state index is 0.0772. The number of nitro groups is 1. The zero-order valence-electron chi connectivity index (χ0n) is 8.88. The molecule has 0 aliphatic rings. The second-order valence-corrected chi connectivity index (χ2v) is 4.72. The van der Waals surface area contributed by atoms with E-state index in [1.807, 2.05) is 6.92 Å². The second-order valence-electron chi connectivity index (χ2n) is 3.39. The van der Waals surface area contributed by atoms with Crippen molar-refractivity contribution in [1.82, 2.24) is 10.2 Å². The summed E-state index contributed by atoms with van der Waals surface area (Å²) in [4.78, 5) is 10.2. The fourth-order valence-corrected chi connectivity index (χ4v) is 2.41. The molecule has 0 atom stereocenters. The van der Waals surface area contributed by atoms with Crippen LogP contribution in [0.25, 0.3) is 10.6 Å². The van der Waals surface area contributed by atoms with Gasteiger partial charge in [-0.05, 0) is 18.6 Å². The molecule has 17 heavy (non-hydrogen) atoms. The summed E-state index contributed by atoms with van der Waals surface area (Å²) in [6.45, 7) is 1.81. The lowest BCUT2D eigenvalue weighted by atomic mass is 10.1. The standard InChI is InChI=1S/C10H8ClN3O2S/c1-6-4-7(14(15)16)2-3-8(6)10-13-12-9(5-11)17-10/h2-4H,5H2,1H3. The first-order valence-corrected chi connectivity index (χ1v) is 6.10. The number of alkyl halides is 1. The molecule has 1 aromatic heterocycles. The van der Waals surface area contributed by atoms with Crippen LogP contribution in [-0.4, -0.2) is 15.1 Å². The Balaban J connectivity index is 2.42. The molecule has 0 aliphatic carbocycles. The number of aromatic nitrogens is 2. The average molecular weight is 270 g/mol. The van der Waals surface area contributed by atoms with Crippen molar-refractivity contribution in [3.63, 3.8) is 0 Å². The van der Waals surface area contributed by atoms with Gasteiger partial charge < -0.3 is 0 Å². The maximum absolute atomic E-state index is 10.6. The van der Waals surface area contributed by atoms with E-state index in [2.05, 4.69) is 10.2 Å². The Hall–Kier alpha value is -1.53. The van der Waals surface area contributed by atoms with E-state index in [1.165, 1.54) is 23.5 Å². The molecule has 0 fully saturated rings. The molecule has 0 N–H and O–H groups in total. The van der Waals surface area contributed by atoms with Crippen molar-refractivity contribution >= 4 is 28.6 Å². The number of aryl methyl sites for hydroxylation is 1. The van der Waals surface area contributed by atoms with Crippen LogP contribution in [0, 0.1) is 17.0 Å². The van der Waals surface area contributed by atoms with Gasteiger partial charge in [0.1, 0.15) is 10.0 Å². The van der Waals surface area contributed by atoms with Gasteiger partial charge in [0.15, 0.2) is 0 Å². The number of halogens is 1. The number of hydrogen-bond acceptors (Lipinski definition) is 5. The topological polar surface area (TPSA) is 68.9 Å². The molecule has 2 rings (SSSR count). The van der Waals surface area contributed by atoms with Gasteiger partial charge in [0, 0.05) is 17.7 Å². The minimum Gasteiger partial charge on any atom is -0.258 e. The SMILES string of the molecule is Cc1cc([N+](=O)[O-])ccc1-c1nnc(CCl)s1. The molecule has 0 spiro atoms. The van der Waals surface area contributed by atoms with Crippen molar-refractivity contribution in [2.75, 3.05) is 0 Å². The first-order chi connectivity index (χ1) is 8.11. The lowest BCUT2D eigenvalue weighted by molar-refractivity contribution is -0.384. The fourth-order valence-electron chi connectivity index (χ4n) is 1.42. The van der Waals surface area contributed by atoms with Gasteiger partial charge in [-0.15, -0.1) is 21.8 Å². The third-order valence-corrected chi connectivity index (χ3v) is 3.60. The normalized spacial score (nSPS) is 10.5. The molecule has 0 saturated carbocycles. The molecule has 5 nitrogen and oxygen atoms in total. The summed E-state index contributed by atoms with van der Waals surface area (Å²) < 4.78 is 0. The summed E-state index contributed by atoms with van der Waals surface area (Å²) >= 11 is 7.04. The molecule has 7 heteroatoms. The van der Waals surface area contributed by atoms with Crippen molar-refractivity contribution in [2.24, 2.45) is 0 Å². The molecule has 2 aromatic rings. The summed E-state index contributed by atoms with van der Waals surface area (Å²) in [7, 11) is 0. The van der Waals surface area contributed by atoms with E-state index in [1.54, 1.807) is 6.07 Å². The Bertz CT molecular complexity index is 570. The van der Waals surface area contributed by atoms with Gasteiger partial charge in [0.2, 0.25) is 0 Å². The molecular formula is C10H8ClN3O2S. The Morgan fingerprint density at radius 2 is 2.24 bits per heavy atom. The molecule has 0 saturated heterocycles. The highest BCUT2D eigenvalue weighted by molar-refractivity contribution is 7.14. The number of nitro benzene ring substituents is 1. The maximum atomic E-state index is 10.6. The molecule has 0 radical (unpaired) electrons. The largest absolute Gasteiger partial charge is 0.269 e. The summed E-state index contributed by atoms with van der Waals surface area (Å²) in [5.74, 6) is 0.323. The maximum Gasteiger partial charge on any atom is 0.269 e. The van der Waals surface area contributed by atoms with Crippen LogP contribution in [0.2, 0.25) is 0 Å². The highest BCUT2D eigenvalue weighted by atomic mass is 35.5. The summed E-state index contributed by atoms with van der Waals surface area (Å²) in [6, 6.07) is 4.67. The Kier molecular flexibility index (Phi) is 3.35. The van der Waals surface area contributed by atoms with E-state index < -0.39 is 4.92 Å². The van der Waals surface area contributed by atoms with E-state index >= 15 is 0 Å². The number of hydrogen-bond donors (Lipinski definition) is 0. The second kappa shape index (κ2) is 4.77. The summed E-state index contributed by atoms with van der Waals surface area (Å²) in [6.07, 6.45) is 0. The number of nitrogens with zero attached hydrogens (tertiary/aromatic N) is 3. The first kappa shape index (κ1) is 11.9. The lowest BCUT2D eigenvalue weighted by Gasteiger charge is -2.00. The Morgan fingerprint density at radius 3 is 2.76 bits per heavy atom. The van der Waals surface area contributed by atoms with E-state index in [4.69, 9.17) is 11.6 Å².